The van der Waals surface area contributed by atoms with E-state index in [9.17, 15) is 0 Å². The predicted octanol–water partition coefficient (Wildman–Crippen LogP) is 1.90. The van der Waals surface area contributed by atoms with E-state index >= 15 is 0 Å². The van der Waals surface area contributed by atoms with E-state index < -0.39 is 0 Å². The Kier molecular flexibility index (Phi) is 3.87. The fraction of sp³-hybridized carbons (Fsp3) is 0.600. The molecule has 3 heterocycles. The summed E-state index contributed by atoms with van der Waals surface area (Å²) in [5.41, 5.74) is 3.76. The van der Waals surface area contributed by atoms with Crippen LogP contribution in [-0.4, -0.2) is 25.6 Å². The molecule has 1 aliphatic rings. The Labute approximate surface area is 120 Å². The summed E-state index contributed by atoms with van der Waals surface area (Å²) in [5, 5.41) is 12.5. The van der Waals surface area contributed by atoms with Gasteiger partial charge in [-0.15, -0.1) is 0 Å². The molecule has 0 saturated heterocycles. The Morgan fingerprint density at radius 2 is 2.30 bits per heavy atom. The molecule has 1 N–H and O–H groups in total. The van der Waals surface area contributed by atoms with Crippen molar-refractivity contribution in [2.45, 2.75) is 58.8 Å². The van der Waals surface area contributed by atoms with Crippen LogP contribution in [0.15, 0.2) is 18.5 Å². The smallest absolute Gasteiger partial charge is 0.0765 e. The van der Waals surface area contributed by atoms with Crippen molar-refractivity contribution in [2.24, 2.45) is 0 Å². The van der Waals surface area contributed by atoms with E-state index in [1.165, 1.54) is 30.5 Å². The molecular weight excluding hydrogens is 250 g/mol. The second kappa shape index (κ2) is 5.79. The maximum absolute atomic E-state index is 4.67. The number of nitrogens with one attached hydrogen (secondary N) is 1. The van der Waals surface area contributed by atoms with Crippen LogP contribution >= 0.6 is 0 Å². The van der Waals surface area contributed by atoms with Gasteiger partial charge in [-0.2, -0.15) is 10.2 Å². The maximum Gasteiger partial charge on any atom is 0.0765 e. The van der Waals surface area contributed by atoms with E-state index in [4.69, 9.17) is 0 Å². The van der Waals surface area contributed by atoms with Gasteiger partial charge in [-0.05, 0) is 44.7 Å². The van der Waals surface area contributed by atoms with Gasteiger partial charge in [0, 0.05) is 31.0 Å². The largest absolute Gasteiger partial charge is 0.307 e. The van der Waals surface area contributed by atoms with Crippen molar-refractivity contribution in [3.05, 3.63) is 35.4 Å². The minimum Gasteiger partial charge on any atom is -0.307 e. The van der Waals surface area contributed by atoms with E-state index in [0.717, 1.165) is 25.3 Å². The van der Waals surface area contributed by atoms with Gasteiger partial charge < -0.3 is 5.32 Å². The molecule has 0 aromatic carbocycles. The molecule has 2 aromatic rings. The van der Waals surface area contributed by atoms with Crippen molar-refractivity contribution in [2.75, 3.05) is 0 Å². The average Bonchev–Trinajstić information content (AvgIpc) is 3.02. The number of rotatable bonds is 5. The Morgan fingerprint density at radius 1 is 1.40 bits per heavy atom. The standard InChI is InChI=1S/C15H23N5/c1-12-8-17-19(10-12)11-13(2)16-9-14-7-15-5-3-4-6-20(15)18-14/h7-8,10,13,16H,3-6,9,11H2,1-2H3. The van der Waals surface area contributed by atoms with Gasteiger partial charge >= 0.3 is 0 Å². The number of aryl methyl sites for hydroxylation is 3. The number of aromatic nitrogens is 4. The van der Waals surface area contributed by atoms with E-state index in [1.807, 2.05) is 10.9 Å². The minimum absolute atomic E-state index is 0.382. The van der Waals surface area contributed by atoms with Gasteiger partial charge in [0.05, 0.1) is 18.4 Å². The highest BCUT2D eigenvalue weighted by Gasteiger charge is 2.12. The molecule has 0 amide bonds. The van der Waals surface area contributed by atoms with Gasteiger partial charge in [0.2, 0.25) is 0 Å². The van der Waals surface area contributed by atoms with E-state index in [1.54, 1.807) is 0 Å². The molecule has 1 aliphatic heterocycles. The van der Waals surface area contributed by atoms with Crippen LogP contribution in [0.25, 0.3) is 0 Å². The van der Waals surface area contributed by atoms with Gasteiger partial charge in [-0.1, -0.05) is 0 Å². The van der Waals surface area contributed by atoms with Crippen LogP contribution in [-0.2, 0) is 26.1 Å². The van der Waals surface area contributed by atoms with Crippen LogP contribution in [0.1, 0.15) is 36.7 Å². The van der Waals surface area contributed by atoms with Gasteiger partial charge in [0.25, 0.3) is 0 Å². The maximum atomic E-state index is 4.67. The highest BCUT2D eigenvalue weighted by atomic mass is 15.3. The molecule has 0 bridgehead atoms. The molecule has 0 saturated carbocycles. The van der Waals surface area contributed by atoms with Crippen molar-refractivity contribution in [3.8, 4) is 0 Å². The van der Waals surface area contributed by atoms with Crippen LogP contribution in [0, 0.1) is 6.92 Å². The summed E-state index contributed by atoms with van der Waals surface area (Å²) >= 11 is 0. The molecule has 2 aromatic heterocycles. The summed E-state index contributed by atoms with van der Waals surface area (Å²) < 4.78 is 4.16. The van der Waals surface area contributed by atoms with E-state index in [0.29, 0.717) is 6.04 Å². The normalized spacial score (nSPS) is 16.1. The molecule has 1 unspecified atom stereocenters. The first-order valence-electron chi connectivity index (χ1n) is 7.49. The van der Waals surface area contributed by atoms with Crippen molar-refractivity contribution < 1.29 is 0 Å². The molecule has 0 aliphatic carbocycles. The van der Waals surface area contributed by atoms with Crippen LogP contribution in [0.5, 0.6) is 0 Å². The summed E-state index contributed by atoms with van der Waals surface area (Å²) in [6, 6.07) is 2.63. The second-order valence-corrected chi connectivity index (χ2v) is 5.83. The van der Waals surface area contributed by atoms with Crippen molar-refractivity contribution >= 4 is 0 Å². The third kappa shape index (κ3) is 3.10. The molecule has 0 fully saturated rings. The molecule has 0 spiro atoms. The zero-order valence-electron chi connectivity index (χ0n) is 12.3. The number of nitrogens with zero attached hydrogens (tertiary/aromatic N) is 4. The second-order valence-electron chi connectivity index (χ2n) is 5.83. The summed E-state index contributed by atoms with van der Waals surface area (Å²) in [6.45, 7) is 7.06. The molecule has 108 valence electrons. The fourth-order valence-electron chi connectivity index (χ4n) is 2.75. The van der Waals surface area contributed by atoms with Crippen LogP contribution in [0.4, 0.5) is 0 Å². The zero-order chi connectivity index (χ0) is 13.9. The average molecular weight is 273 g/mol. The molecule has 5 nitrogen and oxygen atoms in total. The lowest BCUT2D eigenvalue weighted by molar-refractivity contribution is 0.443. The van der Waals surface area contributed by atoms with Crippen molar-refractivity contribution in [1.82, 2.24) is 24.9 Å². The molecule has 3 rings (SSSR count). The number of fused-ring (bicyclic) bond motifs is 1. The highest BCUT2D eigenvalue weighted by Crippen LogP contribution is 2.15. The topological polar surface area (TPSA) is 47.7 Å². The first-order chi connectivity index (χ1) is 9.70. The fourth-order valence-corrected chi connectivity index (χ4v) is 2.75. The van der Waals surface area contributed by atoms with Crippen molar-refractivity contribution in [1.29, 1.82) is 0 Å². The third-order valence-electron chi connectivity index (χ3n) is 3.82. The first-order valence-corrected chi connectivity index (χ1v) is 7.49. The number of hydrogen-bond acceptors (Lipinski definition) is 3. The van der Waals surface area contributed by atoms with Gasteiger partial charge in [0.15, 0.2) is 0 Å². The summed E-state index contributed by atoms with van der Waals surface area (Å²) in [5.74, 6) is 0. The lowest BCUT2D eigenvalue weighted by Gasteiger charge is -2.13. The lowest BCUT2D eigenvalue weighted by atomic mass is 10.1. The monoisotopic (exact) mass is 273 g/mol. The molecule has 0 radical (unpaired) electrons. The summed E-state index contributed by atoms with van der Waals surface area (Å²) in [6.07, 6.45) is 7.71. The SMILES string of the molecule is Cc1cnn(CC(C)NCc2cc3n(n2)CCCC3)c1. The van der Waals surface area contributed by atoms with E-state index in [2.05, 4.69) is 46.3 Å². The number of hydrogen-bond donors (Lipinski definition) is 1. The molecule has 20 heavy (non-hydrogen) atoms. The van der Waals surface area contributed by atoms with Crippen molar-refractivity contribution in [3.63, 3.8) is 0 Å². The minimum atomic E-state index is 0.382. The first kappa shape index (κ1) is 13.4. The predicted molar refractivity (Wildman–Crippen MR) is 78.4 cm³/mol. The van der Waals surface area contributed by atoms with Gasteiger partial charge in [-0.25, -0.2) is 0 Å². The van der Waals surface area contributed by atoms with Gasteiger partial charge in [0.1, 0.15) is 0 Å². The molecule has 5 heteroatoms. The molecular formula is C15H23N5. The van der Waals surface area contributed by atoms with Crippen LogP contribution in [0.3, 0.4) is 0 Å². The quantitative estimate of drug-likeness (QED) is 0.905. The van der Waals surface area contributed by atoms with Crippen LogP contribution < -0.4 is 5.32 Å². The lowest BCUT2D eigenvalue weighted by Crippen LogP contribution is -2.30. The Balaban J connectivity index is 1.52. The molecule has 1 atom stereocenters. The summed E-state index contributed by atoms with van der Waals surface area (Å²) in [4.78, 5) is 0. The van der Waals surface area contributed by atoms with E-state index in [-0.39, 0.29) is 0 Å². The Hall–Kier alpha value is -1.62. The van der Waals surface area contributed by atoms with Crippen LogP contribution in [0.2, 0.25) is 0 Å². The zero-order valence-corrected chi connectivity index (χ0v) is 12.3. The summed E-state index contributed by atoms with van der Waals surface area (Å²) in [7, 11) is 0. The van der Waals surface area contributed by atoms with Gasteiger partial charge in [-0.3, -0.25) is 9.36 Å². The third-order valence-corrected chi connectivity index (χ3v) is 3.82. The Bertz CT molecular complexity index is 545. The highest BCUT2D eigenvalue weighted by molar-refractivity contribution is 5.12. The Morgan fingerprint density at radius 3 is 3.05 bits per heavy atom.